The second kappa shape index (κ2) is 6.03. The van der Waals surface area contributed by atoms with Crippen LogP contribution in [0, 0.1) is 5.92 Å². The van der Waals surface area contributed by atoms with Gasteiger partial charge < -0.3 is 10.2 Å². The molecule has 0 bridgehead atoms. The fraction of sp³-hybridized carbons (Fsp3) is 0.846. The van der Waals surface area contributed by atoms with Crippen molar-refractivity contribution in [3.8, 4) is 0 Å². The third-order valence-corrected chi connectivity index (χ3v) is 3.56. The largest absolute Gasteiger partial charge is 0.344 e. The summed E-state index contributed by atoms with van der Waals surface area (Å²) in [5, 5.41) is 2.87. The number of carbonyl (C=O) groups is 2. The Kier molecular flexibility index (Phi) is 4.97. The highest BCUT2D eigenvalue weighted by Crippen LogP contribution is 2.18. The quantitative estimate of drug-likeness (QED) is 0.810. The normalized spacial score (nSPS) is 27.6. The molecule has 98 valence electrons. The van der Waals surface area contributed by atoms with Crippen molar-refractivity contribution in [2.75, 3.05) is 6.54 Å². The molecule has 0 aromatic carbocycles. The van der Waals surface area contributed by atoms with E-state index in [-0.39, 0.29) is 29.8 Å². The lowest BCUT2D eigenvalue weighted by atomic mass is 9.98. The molecule has 2 amide bonds. The summed E-state index contributed by atoms with van der Waals surface area (Å²) in [6.45, 7) is 8.80. The third kappa shape index (κ3) is 3.20. The predicted octanol–water partition coefficient (Wildman–Crippen LogP) is 1.55. The highest BCUT2D eigenvalue weighted by Gasteiger charge is 2.35. The molecule has 1 saturated heterocycles. The smallest absolute Gasteiger partial charge is 0.245 e. The molecule has 1 aliphatic heterocycles. The Morgan fingerprint density at radius 3 is 2.59 bits per heavy atom. The molecule has 3 atom stereocenters. The van der Waals surface area contributed by atoms with E-state index in [0.717, 1.165) is 19.4 Å². The van der Waals surface area contributed by atoms with Gasteiger partial charge in [0.15, 0.2) is 0 Å². The van der Waals surface area contributed by atoms with Gasteiger partial charge in [0.05, 0.1) is 0 Å². The first-order chi connectivity index (χ1) is 8.01. The molecule has 1 aliphatic rings. The maximum atomic E-state index is 12.4. The van der Waals surface area contributed by atoms with Crippen LogP contribution in [-0.4, -0.2) is 35.3 Å². The molecule has 1 fully saturated rings. The molecule has 1 heterocycles. The maximum absolute atomic E-state index is 12.4. The van der Waals surface area contributed by atoms with E-state index in [0.29, 0.717) is 6.42 Å². The minimum absolute atomic E-state index is 0.00486. The number of carbonyl (C=O) groups excluding carboxylic acids is 2. The van der Waals surface area contributed by atoms with Crippen LogP contribution in [0.3, 0.4) is 0 Å². The summed E-state index contributed by atoms with van der Waals surface area (Å²) in [5.74, 6) is 0.269. The standard InChI is InChI=1S/C13H24N2O2/c1-5-7-15-10(4)8-11(16)14-12(13(15)17)9(3)6-2/h9-10,12H,5-8H2,1-4H3,(H,14,16). The molecule has 3 unspecified atom stereocenters. The first kappa shape index (κ1) is 14.0. The number of hydrogen-bond donors (Lipinski definition) is 1. The summed E-state index contributed by atoms with van der Waals surface area (Å²) in [5.41, 5.74) is 0. The van der Waals surface area contributed by atoms with E-state index in [1.54, 1.807) is 0 Å². The molecule has 0 spiro atoms. The van der Waals surface area contributed by atoms with Crippen LogP contribution in [0.25, 0.3) is 0 Å². The summed E-state index contributed by atoms with van der Waals surface area (Å²) in [4.78, 5) is 26.0. The monoisotopic (exact) mass is 240 g/mol. The van der Waals surface area contributed by atoms with E-state index in [1.165, 1.54) is 0 Å². The van der Waals surface area contributed by atoms with Gasteiger partial charge in [-0.2, -0.15) is 0 Å². The Hall–Kier alpha value is -1.06. The minimum Gasteiger partial charge on any atom is -0.344 e. The Balaban J connectivity index is 2.91. The van der Waals surface area contributed by atoms with Crippen LogP contribution in [0.1, 0.15) is 47.0 Å². The fourth-order valence-corrected chi connectivity index (χ4v) is 2.26. The van der Waals surface area contributed by atoms with Gasteiger partial charge in [-0.15, -0.1) is 0 Å². The molecule has 4 nitrogen and oxygen atoms in total. The predicted molar refractivity (Wildman–Crippen MR) is 67.5 cm³/mol. The van der Waals surface area contributed by atoms with Gasteiger partial charge in [-0.05, 0) is 19.3 Å². The minimum atomic E-state index is -0.344. The average Bonchev–Trinajstić information content (AvgIpc) is 2.39. The fourth-order valence-electron chi connectivity index (χ4n) is 2.26. The van der Waals surface area contributed by atoms with Crippen molar-refractivity contribution in [3.05, 3.63) is 0 Å². The Bertz CT molecular complexity index is 291. The van der Waals surface area contributed by atoms with E-state index in [9.17, 15) is 9.59 Å². The summed E-state index contributed by atoms with van der Waals surface area (Å²) >= 11 is 0. The number of amides is 2. The van der Waals surface area contributed by atoms with E-state index in [2.05, 4.69) is 12.2 Å². The molecule has 1 rings (SSSR count). The molecule has 0 aromatic rings. The van der Waals surface area contributed by atoms with Crippen LogP contribution in [0.5, 0.6) is 0 Å². The molecular formula is C13H24N2O2. The molecule has 0 saturated carbocycles. The van der Waals surface area contributed by atoms with E-state index >= 15 is 0 Å². The van der Waals surface area contributed by atoms with Gasteiger partial charge >= 0.3 is 0 Å². The topological polar surface area (TPSA) is 49.4 Å². The first-order valence-electron chi connectivity index (χ1n) is 6.61. The van der Waals surface area contributed by atoms with Gasteiger partial charge in [0.25, 0.3) is 0 Å². The molecule has 0 radical (unpaired) electrons. The number of hydrogen-bond acceptors (Lipinski definition) is 2. The zero-order valence-electron chi connectivity index (χ0n) is 11.3. The lowest BCUT2D eigenvalue weighted by Gasteiger charge is -2.30. The maximum Gasteiger partial charge on any atom is 0.245 e. The second-order valence-corrected chi connectivity index (χ2v) is 5.02. The lowest BCUT2D eigenvalue weighted by molar-refractivity contribution is -0.136. The van der Waals surface area contributed by atoms with Crippen molar-refractivity contribution in [2.24, 2.45) is 5.92 Å². The molecule has 0 aliphatic carbocycles. The molecule has 17 heavy (non-hydrogen) atoms. The highest BCUT2D eigenvalue weighted by molar-refractivity contribution is 5.90. The SMILES string of the molecule is CCCN1C(=O)C(C(C)CC)NC(=O)CC1C. The van der Waals surface area contributed by atoms with Crippen LogP contribution in [-0.2, 0) is 9.59 Å². The average molecular weight is 240 g/mol. The zero-order valence-corrected chi connectivity index (χ0v) is 11.3. The number of nitrogens with zero attached hydrogens (tertiary/aromatic N) is 1. The first-order valence-corrected chi connectivity index (χ1v) is 6.61. The van der Waals surface area contributed by atoms with Crippen LogP contribution >= 0.6 is 0 Å². The van der Waals surface area contributed by atoms with Crippen molar-refractivity contribution in [2.45, 2.75) is 59.0 Å². The summed E-state index contributed by atoms with van der Waals surface area (Å²) in [6.07, 6.45) is 2.24. The van der Waals surface area contributed by atoms with Crippen molar-refractivity contribution < 1.29 is 9.59 Å². The van der Waals surface area contributed by atoms with E-state index < -0.39 is 0 Å². The van der Waals surface area contributed by atoms with Gasteiger partial charge in [-0.25, -0.2) is 0 Å². The summed E-state index contributed by atoms with van der Waals surface area (Å²) in [6, 6.07) is -0.333. The highest BCUT2D eigenvalue weighted by atomic mass is 16.2. The van der Waals surface area contributed by atoms with Gasteiger partial charge in [-0.1, -0.05) is 27.2 Å². The number of rotatable bonds is 4. The second-order valence-electron chi connectivity index (χ2n) is 5.02. The zero-order chi connectivity index (χ0) is 13.0. The van der Waals surface area contributed by atoms with Crippen molar-refractivity contribution in [3.63, 3.8) is 0 Å². The molecule has 4 heteroatoms. The van der Waals surface area contributed by atoms with Crippen LogP contribution in [0.2, 0.25) is 0 Å². The van der Waals surface area contributed by atoms with Crippen molar-refractivity contribution >= 4 is 11.8 Å². The van der Waals surface area contributed by atoms with Crippen LogP contribution in [0.4, 0.5) is 0 Å². The van der Waals surface area contributed by atoms with Gasteiger partial charge in [-0.3, -0.25) is 9.59 Å². The van der Waals surface area contributed by atoms with E-state index in [1.807, 2.05) is 25.7 Å². The van der Waals surface area contributed by atoms with Gasteiger partial charge in [0.2, 0.25) is 11.8 Å². The number of nitrogens with one attached hydrogen (secondary N) is 1. The molecule has 1 N–H and O–H groups in total. The van der Waals surface area contributed by atoms with Gasteiger partial charge in [0.1, 0.15) is 6.04 Å². The Labute approximate surface area is 104 Å². The van der Waals surface area contributed by atoms with Crippen molar-refractivity contribution in [1.82, 2.24) is 10.2 Å². The molecule has 0 aromatic heterocycles. The lowest BCUT2D eigenvalue weighted by Crippen LogP contribution is -2.49. The van der Waals surface area contributed by atoms with E-state index in [4.69, 9.17) is 0 Å². The summed E-state index contributed by atoms with van der Waals surface area (Å²) in [7, 11) is 0. The van der Waals surface area contributed by atoms with Crippen LogP contribution in [0.15, 0.2) is 0 Å². The van der Waals surface area contributed by atoms with Gasteiger partial charge in [0, 0.05) is 19.0 Å². The third-order valence-electron chi connectivity index (χ3n) is 3.56. The summed E-state index contributed by atoms with van der Waals surface area (Å²) < 4.78 is 0. The Morgan fingerprint density at radius 1 is 1.41 bits per heavy atom. The Morgan fingerprint density at radius 2 is 2.06 bits per heavy atom. The van der Waals surface area contributed by atoms with Crippen molar-refractivity contribution in [1.29, 1.82) is 0 Å². The van der Waals surface area contributed by atoms with Crippen LogP contribution < -0.4 is 5.32 Å². The molecular weight excluding hydrogens is 216 g/mol.